The summed E-state index contributed by atoms with van der Waals surface area (Å²) in [6.07, 6.45) is 3.05. The third-order valence-corrected chi connectivity index (χ3v) is 4.16. The Morgan fingerprint density at radius 3 is 2.54 bits per heavy atom. The molecule has 144 valence electrons. The third-order valence-electron chi connectivity index (χ3n) is 3.67. The first-order chi connectivity index (χ1) is 12.3. The number of hydrogen-bond donors (Lipinski definition) is 2. The van der Waals surface area contributed by atoms with Gasteiger partial charge in [-0.3, -0.25) is 14.4 Å². The van der Waals surface area contributed by atoms with E-state index < -0.39 is 5.97 Å². The quantitative estimate of drug-likeness (QED) is 0.563. The predicted octanol–water partition coefficient (Wildman–Crippen LogP) is 3.05. The van der Waals surface area contributed by atoms with Crippen molar-refractivity contribution in [2.75, 3.05) is 13.2 Å². The van der Waals surface area contributed by atoms with Crippen molar-refractivity contribution in [2.45, 2.75) is 46.1 Å². The van der Waals surface area contributed by atoms with E-state index in [1.807, 2.05) is 6.92 Å². The minimum absolute atomic E-state index is 0.0381. The van der Waals surface area contributed by atoms with Crippen LogP contribution in [0.15, 0.2) is 28.7 Å². The van der Waals surface area contributed by atoms with Crippen molar-refractivity contribution in [1.82, 2.24) is 10.6 Å². The lowest BCUT2D eigenvalue weighted by Crippen LogP contribution is -2.37. The Morgan fingerprint density at radius 1 is 1.15 bits per heavy atom. The summed E-state index contributed by atoms with van der Waals surface area (Å²) >= 11 is 3.28. The molecule has 2 amide bonds. The fourth-order valence-electron chi connectivity index (χ4n) is 2.30. The molecule has 0 aliphatic carbocycles. The van der Waals surface area contributed by atoms with Crippen LogP contribution in [0.25, 0.3) is 0 Å². The molecule has 0 fully saturated rings. The molecule has 6 nitrogen and oxygen atoms in total. The van der Waals surface area contributed by atoms with Crippen molar-refractivity contribution in [3.63, 3.8) is 0 Å². The van der Waals surface area contributed by atoms with E-state index in [1.165, 1.54) is 0 Å². The summed E-state index contributed by atoms with van der Waals surface area (Å²) in [5.41, 5.74) is 0.431. The van der Waals surface area contributed by atoms with Gasteiger partial charge in [-0.2, -0.15) is 0 Å². The van der Waals surface area contributed by atoms with Gasteiger partial charge in [-0.1, -0.05) is 48.7 Å². The number of halogens is 1. The summed E-state index contributed by atoms with van der Waals surface area (Å²) in [6, 6.07) is 6.85. The van der Waals surface area contributed by atoms with Gasteiger partial charge in [0.05, 0.1) is 0 Å². The molecule has 1 aromatic carbocycles. The summed E-state index contributed by atoms with van der Waals surface area (Å²) < 4.78 is 5.65. The van der Waals surface area contributed by atoms with E-state index in [9.17, 15) is 14.4 Å². The minimum Gasteiger partial charge on any atom is -0.454 e. The summed E-state index contributed by atoms with van der Waals surface area (Å²) in [5.74, 6) is -0.734. The van der Waals surface area contributed by atoms with E-state index in [4.69, 9.17) is 4.74 Å². The summed E-state index contributed by atoms with van der Waals surface area (Å²) in [6.45, 7) is 5.62. The SMILES string of the molecule is CC(C)CCCC(C)NC(=O)COC(=O)CNC(=O)c1cccc(Br)c1. The van der Waals surface area contributed by atoms with Crippen molar-refractivity contribution in [3.05, 3.63) is 34.3 Å². The topological polar surface area (TPSA) is 84.5 Å². The van der Waals surface area contributed by atoms with Crippen LogP contribution in [0.4, 0.5) is 0 Å². The number of esters is 1. The van der Waals surface area contributed by atoms with E-state index >= 15 is 0 Å². The van der Waals surface area contributed by atoms with Gasteiger partial charge in [0.2, 0.25) is 0 Å². The fraction of sp³-hybridized carbons (Fsp3) is 0.526. The molecule has 0 radical (unpaired) electrons. The number of rotatable bonds is 10. The Morgan fingerprint density at radius 2 is 1.88 bits per heavy atom. The molecule has 0 aliphatic rings. The number of carbonyl (C=O) groups excluding carboxylic acids is 3. The van der Waals surface area contributed by atoms with Gasteiger partial charge in [-0.05, 0) is 37.5 Å². The highest BCUT2D eigenvalue weighted by molar-refractivity contribution is 9.10. The Kier molecular flexibility index (Phi) is 9.95. The van der Waals surface area contributed by atoms with Crippen LogP contribution >= 0.6 is 15.9 Å². The van der Waals surface area contributed by atoms with Crippen LogP contribution in [0.5, 0.6) is 0 Å². The smallest absolute Gasteiger partial charge is 0.325 e. The lowest BCUT2D eigenvalue weighted by molar-refractivity contribution is -0.147. The highest BCUT2D eigenvalue weighted by Crippen LogP contribution is 2.11. The van der Waals surface area contributed by atoms with Crippen LogP contribution < -0.4 is 10.6 Å². The predicted molar refractivity (Wildman–Crippen MR) is 104 cm³/mol. The van der Waals surface area contributed by atoms with Gasteiger partial charge < -0.3 is 15.4 Å². The molecule has 1 atom stereocenters. The van der Waals surface area contributed by atoms with Crippen LogP contribution in [0.2, 0.25) is 0 Å². The average molecular weight is 427 g/mol. The van der Waals surface area contributed by atoms with Crippen molar-refractivity contribution in [3.8, 4) is 0 Å². The van der Waals surface area contributed by atoms with E-state index in [0.29, 0.717) is 11.5 Å². The molecule has 0 aromatic heterocycles. The first-order valence-electron chi connectivity index (χ1n) is 8.76. The Hall–Kier alpha value is -1.89. The molecule has 0 aliphatic heterocycles. The second kappa shape index (κ2) is 11.7. The van der Waals surface area contributed by atoms with Crippen LogP contribution in [0.3, 0.4) is 0 Å². The normalized spacial score (nSPS) is 11.7. The van der Waals surface area contributed by atoms with Gasteiger partial charge in [0.25, 0.3) is 11.8 Å². The van der Waals surface area contributed by atoms with Gasteiger partial charge in [0, 0.05) is 16.1 Å². The number of benzene rings is 1. The molecule has 0 saturated carbocycles. The van der Waals surface area contributed by atoms with Crippen molar-refractivity contribution < 1.29 is 19.1 Å². The van der Waals surface area contributed by atoms with Gasteiger partial charge in [-0.25, -0.2) is 0 Å². The van der Waals surface area contributed by atoms with Crippen molar-refractivity contribution >= 4 is 33.7 Å². The summed E-state index contributed by atoms with van der Waals surface area (Å²) in [7, 11) is 0. The highest BCUT2D eigenvalue weighted by atomic mass is 79.9. The molecule has 0 bridgehead atoms. The Bertz CT molecular complexity index is 619. The first-order valence-corrected chi connectivity index (χ1v) is 9.56. The second-order valence-electron chi connectivity index (χ2n) is 6.65. The number of nitrogens with one attached hydrogen (secondary N) is 2. The van der Waals surface area contributed by atoms with E-state index in [-0.39, 0.29) is 31.0 Å². The van der Waals surface area contributed by atoms with Crippen molar-refractivity contribution in [1.29, 1.82) is 0 Å². The molecule has 26 heavy (non-hydrogen) atoms. The zero-order chi connectivity index (χ0) is 19.5. The monoisotopic (exact) mass is 426 g/mol. The number of carbonyl (C=O) groups is 3. The third kappa shape index (κ3) is 9.56. The Labute approximate surface area is 163 Å². The zero-order valence-corrected chi connectivity index (χ0v) is 17.1. The maximum absolute atomic E-state index is 11.9. The fourth-order valence-corrected chi connectivity index (χ4v) is 2.70. The summed E-state index contributed by atoms with van der Waals surface area (Å²) in [4.78, 5) is 35.3. The lowest BCUT2D eigenvalue weighted by Gasteiger charge is -2.14. The van der Waals surface area contributed by atoms with E-state index in [1.54, 1.807) is 24.3 Å². The lowest BCUT2D eigenvalue weighted by atomic mass is 10.0. The molecule has 7 heteroatoms. The summed E-state index contributed by atoms with van der Waals surface area (Å²) in [5, 5.41) is 5.26. The molecule has 2 N–H and O–H groups in total. The maximum Gasteiger partial charge on any atom is 0.325 e. The minimum atomic E-state index is -0.657. The molecule has 1 unspecified atom stereocenters. The van der Waals surface area contributed by atoms with Crippen LogP contribution in [-0.4, -0.2) is 37.0 Å². The molecule has 0 spiro atoms. The largest absolute Gasteiger partial charge is 0.454 e. The van der Waals surface area contributed by atoms with Gasteiger partial charge in [0.15, 0.2) is 6.61 Å². The average Bonchev–Trinajstić information content (AvgIpc) is 2.57. The highest BCUT2D eigenvalue weighted by Gasteiger charge is 2.12. The van der Waals surface area contributed by atoms with Crippen LogP contribution in [-0.2, 0) is 14.3 Å². The molecule has 0 saturated heterocycles. The van der Waals surface area contributed by atoms with Crippen LogP contribution in [0.1, 0.15) is 50.4 Å². The van der Waals surface area contributed by atoms with E-state index in [0.717, 1.165) is 23.7 Å². The van der Waals surface area contributed by atoms with Crippen molar-refractivity contribution in [2.24, 2.45) is 5.92 Å². The molecule has 0 heterocycles. The number of hydrogen-bond acceptors (Lipinski definition) is 4. The van der Waals surface area contributed by atoms with Gasteiger partial charge in [-0.15, -0.1) is 0 Å². The Balaban J connectivity index is 2.22. The van der Waals surface area contributed by atoms with Gasteiger partial charge >= 0.3 is 5.97 Å². The molecular weight excluding hydrogens is 400 g/mol. The number of ether oxygens (including phenoxy) is 1. The maximum atomic E-state index is 11.9. The standard InChI is InChI=1S/C19H27BrN2O4/c1-13(2)6-4-7-14(3)22-17(23)12-26-18(24)11-21-19(25)15-8-5-9-16(20)10-15/h5,8-10,13-14H,4,6-7,11-12H2,1-3H3,(H,21,25)(H,22,23). The zero-order valence-electron chi connectivity index (χ0n) is 15.5. The van der Waals surface area contributed by atoms with Gasteiger partial charge in [0.1, 0.15) is 6.54 Å². The van der Waals surface area contributed by atoms with E-state index in [2.05, 4.69) is 40.4 Å². The molecule has 1 rings (SSSR count). The molecule has 1 aromatic rings. The first kappa shape index (κ1) is 22.2. The number of amides is 2. The second-order valence-corrected chi connectivity index (χ2v) is 7.56. The van der Waals surface area contributed by atoms with Crippen LogP contribution in [0, 0.1) is 5.92 Å². The molecular formula is C19H27BrN2O4.